The van der Waals surface area contributed by atoms with Crippen LogP contribution in [0.25, 0.3) is 0 Å². The van der Waals surface area contributed by atoms with E-state index in [0.29, 0.717) is 21.4 Å². The minimum absolute atomic E-state index is 0.123. The van der Waals surface area contributed by atoms with Crippen LogP contribution in [0.15, 0.2) is 22.7 Å². The number of amides is 1. The molecule has 3 nitrogen and oxygen atoms in total. The van der Waals surface area contributed by atoms with Gasteiger partial charge in [-0.05, 0) is 41.1 Å². The Hall–Kier alpha value is -1.01. The summed E-state index contributed by atoms with van der Waals surface area (Å²) in [6.45, 7) is 1.84. The summed E-state index contributed by atoms with van der Waals surface area (Å²) in [7, 11) is 1.64. The fourth-order valence-corrected chi connectivity index (χ4v) is 1.95. The summed E-state index contributed by atoms with van der Waals surface area (Å²) in [4.78, 5) is 13.9. The Kier molecular flexibility index (Phi) is 5.22. The van der Waals surface area contributed by atoms with Gasteiger partial charge in [0.1, 0.15) is 5.82 Å². The van der Waals surface area contributed by atoms with Crippen LogP contribution >= 0.6 is 28.1 Å². The molecule has 0 fully saturated rings. The van der Waals surface area contributed by atoms with Crippen molar-refractivity contribution in [1.29, 1.82) is 0 Å². The number of thiocarbonyl (C=S) groups is 1. The Bertz CT molecular complexity index is 481. The number of benzene rings is 1. The van der Waals surface area contributed by atoms with E-state index >= 15 is 0 Å². The average molecular weight is 333 g/mol. The summed E-state index contributed by atoms with van der Waals surface area (Å²) in [5.41, 5.74) is 5.74. The van der Waals surface area contributed by atoms with E-state index in [0.717, 1.165) is 0 Å². The number of halogens is 2. The first-order chi connectivity index (χ1) is 8.32. The van der Waals surface area contributed by atoms with Gasteiger partial charge < -0.3 is 10.6 Å². The number of hydrogen-bond acceptors (Lipinski definition) is 2. The maximum absolute atomic E-state index is 13.4. The highest BCUT2D eigenvalue weighted by Gasteiger charge is 2.18. The monoisotopic (exact) mass is 332 g/mol. The van der Waals surface area contributed by atoms with Gasteiger partial charge in [-0.2, -0.15) is 0 Å². The third kappa shape index (κ3) is 3.74. The second-order valence-electron chi connectivity index (χ2n) is 4.06. The first kappa shape index (κ1) is 15.0. The van der Waals surface area contributed by atoms with Gasteiger partial charge in [-0.15, -0.1) is 0 Å². The lowest BCUT2D eigenvalue weighted by atomic mass is 10.1. The Morgan fingerprint density at radius 2 is 2.22 bits per heavy atom. The molecule has 0 saturated carbocycles. The minimum Gasteiger partial charge on any atom is -0.393 e. The maximum atomic E-state index is 13.4. The highest BCUT2D eigenvalue weighted by atomic mass is 79.9. The molecule has 0 bridgehead atoms. The first-order valence-electron chi connectivity index (χ1n) is 5.33. The van der Waals surface area contributed by atoms with Crippen molar-refractivity contribution in [3.05, 3.63) is 34.1 Å². The molecule has 0 aliphatic carbocycles. The van der Waals surface area contributed by atoms with Gasteiger partial charge in [0.25, 0.3) is 5.91 Å². The van der Waals surface area contributed by atoms with Crippen molar-refractivity contribution < 1.29 is 9.18 Å². The minimum atomic E-state index is -0.462. The zero-order chi connectivity index (χ0) is 13.9. The SMILES string of the molecule is CC(CC(N)=S)N(C)C(=O)c1ccc(Br)c(F)c1. The molecule has 18 heavy (non-hydrogen) atoms. The van der Waals surface area contributed by atoms with Crippen molar-refractivity contribution in [2.45, 2.75) is 19.4 Å². The van der Waals surface area contributed by atoms with Gasteiger partial charge in [0.15, 0.2) is 0 Å². The van der Waals surface area contributed by atoms with Crippen molar-refractivity contribution in [2.24, 2.45) is 5.73 Å². The van der Waals surface area contributed by atoms with Crippen molar-refractivity contribution in [3.8, 4) is 0 Å². The summed E-state index contributed by atoms with van der Waals surface area (Å²) >= 11 is 7.85. The molecular weight excluding hydrogens is 319 g/mol. The number of rotatable bonds is 4. The largest absolute Gasteiger partial charge is 0.393 e. The van der Waals surface area contributed by atoms with Crippen LogP contribution in [0.4, 0.5) is 4.39 Å². The lowest BCUT2D eigenvalue weighted by Gasteiger charge is -2.24. The molecule has 0 spiro atoms. The van der Waals surface area contributed by atoms with Crippen LogP contribution in [0.1, 0.15) is 23.7 Å². The van der Waals surface area contributed by atoms with E-state index in [1.54, 1.807) is 13.1 Å². The molecule has 0 saturated heterocycles. The van der Waals surface area contributed by atoms with Crippen molar-refractivity contribution >= 4 is 39.0 Å². The molecule has 1 aromatic carbocycles. The molecule has 0 radical (unpaired) electrons. The zero-order valence-corrected chi connectivity index (χ0v) is 12.5. The Labute approximate surface area is 119 Å². The van der Waals surface area contributed by atoms with Crippen LogP contribution in [-0.2, 0) is 0 Å². The number of nitrogens with zero attached hydrogens (tertiary/aromatic N) is 1. The molecule has 0 aromatic heterocycles. The Balaban J connectivity index is 2.86. The predicted octanol–water partition coefficient (Wildman–Crippen LogP) is 2.72. The van der Waals surface area contributed by atoms with Crippen LogP contribution in [-0.4, -0.2) is 28.9 Å². The molecule has 0 heterocycles. The van der Waals surface area contributed by atoms with Gasteiger partial charge in [-0.3, -0.25) is 4.79 Å². The van der Waals surface area contributed by atoms with E-state index in [9.17, 15) is 9.18 Å². The zero-order valence-electron chi connectivity index (χ0n) is 10.1. The van der Waals surface area contributed by atoms with Crippen LogP contribution in [0.5, 0.6) is 0 Å². The molecule has 6 heteroatoms. The Morgan fingerprint density at radius 3 is 2.72 bits per heavy atom. The van der Waals surface area contributed by atoms with Gasteiger partial charge in [0.05, 0.1) is 9.46 Å². The van der Waals surface area contributed by atoms with E-state index in [1.165, 1.54) is 17.0 Å². The predicted molar refractivity (Wildman–Crippen MR) is 77.1 cm³/mol. The standard InChI is InChI=1S/C12H14BrFN2OS/c1-7(5-11(15)18)16(2)12(17)8-3-4-9(13)10(14)6-8/h3-4,6-7H,5H2,1-2H3,(H2,15,18). The highest BCUT2D eigenvalue weighted by molar-refractivity contribution is 9.10. The van der Waals surface area contributed by atoms with E-state index in [1.807, 2.05) is 6.92 Å². The normalized spacial score (nSPS) is 12.0. The molecule has 1 unspecified atom stereocenters. The van der Waals surface area contributed by atoms with Crippen LogP contribution in [0.2, 0.25) is 0 Å². The van der Waals surface area contributed by atoms with E-state index in [2.05, 4.69) is 15.9 Å². The summed E-state index contributed by atoms with van der Waals surface area (Å²) in [5.74, 6) is -0.721. The molecular formula is C12H14BrFN2OS. The fourth-order valence-electron chi connectivity index (χ4n) is 1.46. The summed E-state index contributed by atoms with van der Waals surface area (Å²) < 4.78 is 13.7. The topological polar surface area (TPSA) is 46.3 Å². The van der Waals surface area contributed by atoms with Crippen molar-refractivity contribution in [2.75, 3.05) is 7.05 Å². The van der Waals surface area contributed by atoms with Crippen LogP contribution < -0.4 is 5.73 Å². The molecule has 1 amide bonds. The lowest BCUT2D eigenvalue weighted by molar-refractivity contribution is 0.0747. The Morgan fingerprint density at radius 1 is 1.61 bits per heavy atom. The fraction of sp³-hybridized carbons (Fsp3) is 0.333. The van der Waals surface area contributed by atoms with E-state index in [-0.39, 0.29) is 11.9 Å². The number of hydrogen-bond donors (Lipinski definition) is 1. The quantitative estimate of drug-likeness (QED) is 0.862. The third-order valence-electron chi connectivity index (χ3n) is 2.64. The first-order valence-corrected chi connectivity index (χ1v) is 6.53. The number of carbonyl (C=O) groups excluding carboxylic acids is 1. The van der Waals surface area contributed by atoms with Gasteiger partial charge in [0.2, 0.25) is 0 Å². The highest BCUT2D eigenvalue weighted by Crippen LogP contribution is 2.18. The lowest BCUT2D eigenvalue weighted by Crippen LogP contribution is -2.37. The molecule has 2 N–H and O–H groups in total. The van der Waals surface area contributed by atoms with Crippen LogP contribution in [0.3, 0.4) is 0 Å². The maximum Gasteiger partial charge on any atom is 0.253 e. The van der Waals surface area contributed by atoms with E-state index in [4.69, 9.17) is 18.0 Å². The van der Waals surface area contributed by atoms with Gasteiger partial charge in [0, 0.05) is 25.1 Å². The molecule has 0 aliphatic heterocycles. The molecule has 98 valence electrons. The van der Waals surface area contributed by atoms with Gasteiger partial charge in [-0.1, -0.05) is 12.2 Å². The van der Waals surface area contributed by atoms with E-state index < -0.39 is 5.82 Å². The second kappa shape index (κ2) is 6.24. The third-order valence-corrected chi connectivity index (χ3v) is 3.45. The molecule has 1 rings (SSSR count). The van der Waals surface area contributed by atoms with Crippen molar-refractivity contribution in [3.63, 3.8) is 0 Å². The summed E-state index contributed by atoms with van der Waals surface area (Å²) in [6.07, 6.45) is 0.441. The molecule has 1 atom stereocenters. The second-order valence-corrected chi connectivity index (χ2v) is 5.44. The average Bonchev–Trinajstić information content (AvgIpc) is 2.30. The number of nitrogens with two attached hydrogens (primary N) is 1. The van der Waals surface area contributed by atoms with Crippen molar-refractivity contribution in [1.82, 2.24) is 4.90 Å². The summed E-state index contributed by atoms with van der Waals surface area (Å²) in [5, 5.41) is 0. The van der Waals surface area contributed by atoms with Crippen LogP contribution in [0, 0.1) is 5.82 Å². The smallest absolute Gasteiger partial charge is 0.253 e. The van der Waals surface area contributed by atoms with Gasteiger partial charge in [-0.25, -0.2) is 4.39 Å². The molecule has 1 aromatic rings. The molecule has 0 aliphatic rings. The summed E-state index contributed by atoms with van der Waals surface area (Å²) in [6, 6.07) is 4.16. The van der Waals surface area contributed by atoms with Gasteiger partial charge >= 0.3 is 0 Å². The number of carbonyl (C=O) groups is 1.